The Kier molecular flexibility index (Phi) is 5.76. The zero-order valence-electron chi connectivity index (χ0n) is 12.2. The summed E-state index contributed by atoms with van der Waals surface area (Å²) in [6.07, 6.45) is 2.09. The second kappa shape index (κ2) is 7.56. The highest BCUT2D eigenvalue weighted by Crippen LogP contribution is 2.28. The summed E-state index contributed by atoms with van der Waals surface area (Å²) in [6.45, 7) is 0.459. The van der Waals surface area contributed by atoms with Crippen LogP contribution in [0.1, 0.15) is 6.42 Å². The van der Waals surface area contributed by atoms with Crippen LogP contribution in [0.5, 0.6) is 0 Å². The van der Waals surface area contributed by atoms with E-state index in [-0.39, 0.29) is 12.3 Å². The van der Waals surface area contributed by atoms with Crippen LogP contribution in [0.25, 0.3) is 10.9 Å². The topological polar surface area (TPSA) is 69.4 Å². The first kappa shape index (κ1) is 16.0. The van der Waals surface area contributed by atoms with Crippen molar-refractivity contribution in [3.05, 3.63) is 35.5 Å². The van der Waals surface area contributed by atoms with E-state index in [4.69, 9.17) is 26.8 Å². The molecule has 0 radical (unpaired) electrons. The van der Waals surface area contributed by atoms with Crippen LogP contribution in [0.15, 0.2) is 30.5 Å². The van der Waals surface area contributed by atoms with Crippen LogP contribution in [0, 0.1) is 0 Å². The highest BCUT2D eigenvalue weighted by atomic mass is 35.5. The second-order valence-electron chi connectivity index (χ2n) is 4.71. The van der Waals surface area contributed by atoms with Crippen molar-refractivity contribution in [2.45, 2.75) is 18.8 Å². The number of benzene rings is 1. The number of nitrogens with zero attached hydrogens (tertiary/aromatic N) is 1. The Morgan fingerprint density at radius 1 is 1.29 bits per heavy atom. The molecule has 0 aliphatic carbocycles. The van der Waals surface area contributed by atoms with Crippen LogP contribution in [0.3, 0.4) is 0 Å². The molecule has 0 spiro atoms. The van der Waals surface area contributed by atoms with E-state index in [1.54, 1.807) is 20.4 Å². The van der Waals surface area contributed by atoms with Gasteiger partial charge in [0.1, 0.15) is 0 Å². The third kappa shape index (κ3) is 3.83. The third-order valence-electron chi connectivity index (χ3n) is 3.36. The number of methoxy groups -OCH3 is 2. The van der Waals surface area contributed by atoms with Crippen LogP contribution in [0.2, 0.25) is 5.02 Å². The zero-order valence-corrected chi connectivity index (χ0v) is 12.9. The number of nitrogens with one attached hydrogen (secondary N) is 1. The van der Waals surface area contributed by atoms with Crippen molar-refractivity contribution in [1.29, 1.82) is 0 Å². The monoisotopic (exact) mass is 309 g/mol. The fourth-order valence-corrected chi connectivity index (χ4v) is 2.42. The fourth-order valence-electron chi connectivity index (χ4n) is 2.21. The maximum atomic E-state index is 6.20. The molecule has 0 amide bonds. The van der Waals surface area contributed by atoms with Crippen LogP contribution in [-0.2, 0) is 9.47 Å². The predicted molar refractivity (Wildman–Crippen MR) is 85.6 cm³/mol. The molecule has 6 heteroatoms. The summed E-state index contributed by atoms with van der Waals surface area (Å²) in [5, 5.41) is 4.98. The Bertz CT molecular complexity index is 590. The number of hydrogen-bond donors (Lipinski definition) is 2. The molecule has 5 nitrogen and oxygen atoms in total. The number of ether oxygens (including phenoxy) is 2. The lowest BCUT2D eigenvalue weighted by molar-refractivity contribution is -0.107. The van der Waals surface area contributed by atoms with Crippen molar-refractivity contribution >= 4 is 28.2 Å². The van der Waals surface area contributed by atoms with Crippen molar-refractivity contribution < 1.29 is 9.47 Å². The van der Waals surface area contributed by atoms with E-state index in [1.807, 2.05) is 24.3 Å². The highest BCUT2D eigenvalue weighted by Gasteiger charge is 2.16. The van der Waals surface area contributed by atoms with E-state index < -0.39 is 0 Å². The first-order valence-electron chi connectivity index (χ1n) is 6.75. The molecular formula is C15H20ClN3O2. The molecular weight excluding hydrogens is 290 g/mol. The minimum absolute atomic E-state index is 0.0151. The average Bonchev–Trinajstić information content (AvgIpc) is 2.54. The van der Waals surface area contributed by atoms with Gasteiger partial charge in [0, 0.05) is 44.8 Å². The molecule has 0 saturated heterocycles. The molecule has 1 aromatic heterocycles. The molecule has 2 aromatic rings. The van der Waals surface area contributed by atoms with E-state index in [0.29, 0.717) is 18.0 Å². The van der Waals surface area contributed by atoms with Gasteiger partial charge in [-0.3, -0.25) is 4.98 Å². The quantitative estimate of drug-likeness (QED) is 0.770. The Morgan fingerprint density at radius 2 is 2.05 bits per heavy atom. The number of hydrogen-bond acceptors (Lipinski definition) is 5. The largest absolute Gasteiger partial charge is 0.379 e. The van der Waals surface area contributed by atoms with E-state index in [2.05, 4.69) is 10.3 Å². The smallest absolute Gasteiger partial charge is 0.158 e. The van der Waals surface area contributed by atoms with E-state index in [1.165, 1.54) is 0 Å². The molecule has 0 fully saturated rings. The second-order valence-corrected chi connectivity index (χ2v) is 5.12. The zero-order chi connectivity index (χ0) is 15.2. The number of pyridine rings is 1. The molecule has 0 aliphatic rings. The van der Waals surface area contributed by atoms with Crippen molar-refractivity contribution in [2.75, 3.05) is 26.1 Å². The van der Waals surface area contributed by atoms with Gasteiger partial charge in [0.2, 0.25) is 0 Å². The number of rotatable bonds is 7. The SMILES string of the molecule is COC(CC(CN)Nc1ccc(Cl)c2cccnc12)OC. The predicted octanol–water partition coefficient (Wildman–Crippen LogP) is 2.64. The van der Waals surface area contributed by atoms with Crippen LogP contribution < -0.4 is 11.1 Å². The molecule has 1 heterocycles. The number of anilines is 1. The summed E-state index contributed by atoms with van der Waals surface area (Å²) < 4.78 is 10.4. The lowest BCUT2D eigenvalue weighted by Gasteiger charge is -2.23. The normalized spacial score (nSPS) is 12.8. The summed E-state index contributed by atoms with van der Waals surface area (Å²) in [4.78, 5) is 4.40. The number of aromatic nitrogens is 1. The van der Waals surface area contributed by atoms with Gasteiger partial charge in [-0.2, -0.15) is 0 Å². The Hall–Kier alpha value is -1.40. The molecule has 0 saturated carbocycles. The van der Waals surface area contributed by atoms with Crippen molar-refractivity contribution in [3.8, 4) is 0 Å². The molecule has 114 valence electrons. The number of nitrogens with two attached hydrogens (primary N) is 1. The lowest BCUT2D eigenvalue weighted by Crippen LogP contribution is -2.34. The lowest BCUT2D eigenvalue weighted by atomic mass is 10.1. The van der Waals surface area contributed by atoms with Gasteiger partial charge >= 0.3 is 0 Å². The summed E-state index contributed by atoms with van der Waals surface area (Å²) in [6, 6.07) is 7.59. The van der Waals surface area contributed by atoms with Crippen molar-refractivity contribution in [1.82, 2.24) is 4.98 Å². The highest BCUT2D eigenvalue weighted by molar-refractivity contribution is 6.35. The van der Waals surface area contributed by atoms with Crippen LogP contribution in [-0.4, -0.2) is 38.1 Å². The van der Waals surface area contributed by atoms with Gasteiger partial charge in [-0.1, -0.05) is 11.6 Å². The van der Waals surface area contributed by atoms with Crippen LogP contribution in [0.4, 0.5) is 5.69 Å². The first-order chi connectivity index (χ1) is 10.2. The Morgan fingerprint density at radius 3 is 2.71 bits per heavy atom. The molecule has 0 aliphatic heterocycles. The molecule has 2 rings (SSSR count). The third-order valence-corrected chi connectivity index (χ3v) is 3.69. The minimum atomic E-state index is -0.294. The summed E-state index contributed by atoms with van der Waals surface area (Å²) in [7, 11) is 3.22. The molecule has 0 bridgehead atoms. The van der Waals surface area contributed by atoms with Gasteiger partial charge in [-0.15, -0.1) is 0 Å². The number of fused-ring (bicyclic) bond motifs is 1. The first-order valence-corrected chi connectivity index (χ1v) is 7.12. The van der Waals surface area contributed by atoms with Crippen LogP contribution >= 0.6 is 11.6 Å². The summed E-state index contributed by atoms with van der Waals surface area (Å²) >= 11 is 6.20. The molecule has 21 heavy (non-hydrogen) atoms. The average molecular weight is 310 g/mol. The Balaban J connectivity index is 2.23. The Labute approximate surface area is 129 Å². The maximum absolute atomic E-state index is 6.20. The van der Waals surface area contributed by atoms with Gasteiger partial charge in [-0.05, 0) is 24.3 Å². The van der Waals surface area contributed by atoms with Gasteiger partial charge in [-0.25, -0.2) is 0 Å². The van der Waals surface area contributed by atoms with E-state index in [9.17, 15) is 0 Å². The van der Waals surface area contributed by atoms with E-state index in [0.717, 1.165) is 16.6 Å². The van der Waals surface area contributed by atoms with Gasteiger partial charge in [0.15, 0.2) is 6.29 Å². The van der Waals surface area contributed by atoms with E-state index >= 15 is 0 Å². The molecule has 3 N–H and O–H groups in total. The fraction of sp³-hybridized carbons (Fsp3) is 0.400. The molecule has 1 atom stereocenters. The summed E-state index contributed by atoms with van der Waals surface area (Å²) in [5.41, 5.74) is 7.56. The number of halogens is 1. The van der Waals surface area contributed by atoms with Crippen molar-refractivity contribution in [2.24, 2.45) is 5.73 Å². The summed E-state index contributed by atoms with van der Waals surface area (Å²) in [5.74, 6) is 0. The van der Waals surface area contributed by atoms with Gasteiger partial charge < -0.3 is 20.5 Å². The standard InChI is InChI=1S/C15H20ClN3O2/c1-20-14(21-2)8-10(9-17)19-13-6-5-12(16)11-4-3-7-18-15(11)13/h3-7,10,14,19H,8-9,17H2,1-2H3. The molecule has 1 aromatic carbocycles. The maximum Gasteiger partial charge on any atom is 0.158 e. The van der Waals surface area contributed by atoms with Crippen molar-refractivity contribution in [3.63, 3.8) is 0 Å². The van der Waals surface area contributed by atoms with Gasteiger partial charge in [0.25, 0.3) is 0 Å². The molecule has 1 unspecified atom stereocenters. The minimum Gasteiger partial charge on any atom is -0.379 e. The van der Waals surface area contributed by atoms with Gasteiger partial charge in [0.05, 0.1) is 16.2 Å².